The van der Waals surface area contributed by atoms with E-state index in [4.69, 9.17) is 20.8 Å². The average molecular weight is 443 g/mol. The number of nitrogens with one attached hydrogen (secondary N) is 1. The number of ether oxygens (including phenoxy) is 1. The van der Waals surface area contributed by atoms with Crippen molar-refractivity contribution in [3.63, 3.8) is 0 Å². The molecule has 0 atom stereocenters. The van der Waals surface area contributed by atoms with Crippen LogP contribution in [0, 0.1) is 6.92 Å². The molecule has 30 heavy (non-hydrogen) atoms. The van der Waals surface area contributed by atoms with Gasteiger partial charge in [-0.15, -0.1) is 10.2 Å². The van der Waals surface area contributed by atoms with Crippen LogP contribution in [0.15, 0.2) is 52.0 Å². The maximum atomic E-state index is 12.4. The first-order chi connectivity index (χ1) is 14.5. The molecule has 7 nitrogen and oxygen atoms in total. The van der Waals surface area contributed by atoms with Crippen LogP contribution in [0.3, 0.4) is 0 Å². The van der Waals surface area contributed by atoms with E-state index in [1.807, 2.05) is 44.3 Å². The van der Waals surface area contributed by atoms with Crippen molar-refractivity contribution in [2.24, 2.45) is 7.05 Å². The summed E-state index contributed by atoms with van der Waals surface area (Å²) in [6, 6.07) is 13.0. The van der Waals surface area contributed by atoms with Crippen LogP contribution in [0.25, 0.3) is 22.6 Å². The fourth-order valence-corrected chi connectivity index (χ4v) is 3.91. The Morgan fingerprint density at radius 3 is 2.87 bits per heavy atom. The number of carbonyl (C=O) groups excluding carboxylic acids is 1. The molecule has 1 N–H and O–H groups in total. The number of para-hydroxylation sites is 1. The number of carbonyl (C=O) groups is 1. The molecule has 9 heteroatoms. The van der Waals surface area contributed by atoms with Crippen LogP contribution in [0.5, 0.6) is 5.75 Å². The number of nitrogens with zero attached hydrogens (tertiary/aromatic N) is 3. The second kappa shape index (κ2) is 8.41. The number of fused-ring (bicyclic) bond motifs is 1. The molecule has 0 aliphatic rings. The Labute approximate surface area is 182 Å². The molecule has 2 aromatic carbocycles. The Balaban J connectivity index is 1.48. The van der Waals surface area contributed by atoms with Crippen LogP contribution in [0.1, 0.15) is 5.56 Å². The van der Waals surface area contributed by atoms with Crippen molar-refractivity contribution in [1.82, 2.24) is 14.8 Å². The van der Waals surface area contributed by atoms with E-state index in [2.05, 4.69) is 15.5 Å². The summed E-state index contributed by atoms with van der Waals surface area (Å²) >= 11 is 7.40. The number of rotatable bonds is 6. The molecule has 0 bridgehead atoms. The van der Waals surface area contributed by atoms with Crippen LogP contribution < -0.4 is 10.1 Å². The van der Waals surface area contributed by atoms with Crippen molar-refractivity contribution in [2.75, 3.05) is 18.2 Å². The summed E-state index contributed by atoms with van der Waals surface area (Å²) in [6.07, 6.45) is 0. The van der Waals surface area contributed by atoms with Crippen LogP contribution in [0.4, 0.5) is 5.69 Å². The van der Waals surface area contributed by atoms with E-state index < -0.39 is 0 Å². The Hall–Kier alpha value is -2.97. The Morgan fingerprint density at radius 1 is 1.27 bits per heavy atom. The molecule has 0 fully saturated rings. The fourth-order valence-electron chi connectivity index (χ4n) is 3.02. The molecular formula is C21H19ClN4O3S. The molecule has 0 saturated heterocycles. The van der Waals surface area contributed by atoms with E-state index in [0.29, 0.717) is 38.8 Å². The largest absolute Gasteiger partial charge is 0.493 e. The smallest absolute Gasteiger partial charge is 0.234 e. The van der Waals surface area contributed by atoms with E-state index in [-0.39, 0.29) is 11.7 Å². The van der Waals surface area contributed by atoms with Gasteiger partial charge in [0.2, 0.25) is 5.91 Å². The van der Waals surface area contributed by atoms with Gasteiger partial charge in [-0.25, -0.2) is 0 Å². The molecule has 154 valence electrons. The van der Waals surface area contributed by atoms with Crippen LogP contribution in [-0.2, 0) is 11.8 Å². The molecule has 0 saturated carbocycles. The number of aromatic nitrogens is 3. The minimum atomic E-state index is -0.150. The SMILES string of the molecule is COc1cccc2cc(-c3nnc(SCC(=O)Nc4cccc(Cl)c4C)n3C)oc12. The van der Waals surface area contributed by atoms with Gasteiger partial charge in [-0.1, -0.05) is 41.6 Å². The van der Waals surface area contributed by atoms with Gasteiger partial charge in [0.05, 0.1) is 12.9 Å². The van der Waals surface area contributed by atoms with Crippen molar-refractivity contribution in [2.45, 2.75) is 12.1 Å². The van der Waals surface area contributed by atoms with E-state index in [1.165, 1.54) is 11.8 Å². The lowest BCUT2D eigenvalue weighted by atomic mass is 10.2. The third-order valence-corrected chi connectivity index (χ3v) is 6.09. The summed E-state index contributed by atoms with van der Waals surface area (Å²) in [7, 11) is 3.44. The lowest BCUT2D eigenvalue weighted by Gasteiger charge is -2.09. The van der Waals surface area contributed by atoms with Gasteiger partial charge in [-0.05, 0) is 36.8 Å². The van der Waals surface area contributed by atoms with Gasteiger partial charge in [-0.3, -0.25) is 4.79 Å². The maximum Gasteiger partial charge on any atom is 0.234 e. The van der Waals surface area contributed by atoms with E-state index in [0.717, 1.165) is 10.9 Å². The van der Waals surface area contributed by atoms with Crippen molar-refractivity contribution < 1.29 is 13.9 Å². The first-order valence-electron chi connectivity index (χ1n) is 9.12. The van der Waals surface area contributed by atoms with Crippen LogP contribution >= 0.6 is 23.4 Å². The fraction of sp³-hybridized carbons (Fsp3) is 0.190. The molecule has 4 rings (SSSR count). The first-order valence-corrected chi connectivity index (χ1v) is 10.5. The van der Waals surface area contributed by atoms with Crippen molar-refractivity contribution in [1.29, 1.82) is 0 Å². The maximum absolute atomic E-state index is 12.4. The zero-order valence-corrected chi connectivity index (χ0v) is 18.2. The summed E-state index contributed by atoms with van der Waals surface area (Å²) in [5.74, 6) is 1.84. The topological polar surface area (TPSA) is 82.2 Å². The van der Waals surface area contributed by atoms with Gasteiger partial charge < -0.3 is 19.0 Å². The van der Waals surface area contributed by atoms with Gasteiger partial charge >= 0.3 is 0 Å². The highest BCUT2D eigenvalue weighted by Gasteiger charge is 2.18. The zero-order valence-electron chi connectivity index (χ0n) is 16.6. The van der Waals surface area contributed by atoms with Crippen molar-refractivity contribution >= 4 is 45.9 Å². The number of furan rings is 1. The summed E-state index contributed by atoms with van der Waals surface area (Å²) in [4.78, 5) is 12.4. The number of anilines is 1. The lowest BCUT2D eigenvalue weighted by Crippen LogP contribution is -2.15. The van der Waals surface area contributed by atoms with Crippen molar-refractivity contribution in [3.05, 3.63) is 53.1 Å². The highest BCUT2D eigenvalue weighted by molar-refractivity contribution is 7.99. The molecule has 0 spiro atoms. The highest BCUT2D eigenvalue weighted by atomic mass is 35.5. The van der Waals surface area contributed by atoms with Crippen molar-refractivity contribution in [3.8, 4) is 17.3 Å². The molecule has 0 unspecified atom stereocenters. The average Bonchev–Trinajstić information content (AvgIpc) is 3.32. The number of hydrogen-bond acceptors (Lipinski definition) is 6. The molecule has 0 aliphatic carbocycles. The standard InChI is InChI=1S/C21H19ClN4O3S/c1-12-14(22)7-5-8-15(12)23-18(27)11-30-21-25-24-20(26(21)2)17-10-13-6-4-9-16(28-3)19(13)29-17/h4-10H,11H2,1-3H3,(H,23,27). The number of halogens is 1. The van der Waals surface area contributed by atoms with Crippen LogP contribution in [0.2, 0.25) is 5.02 Å². The summed E-state index contributed by atoms with van der Waals surface area (Å²) in [6.45, 7) is 1.86. The Morgan fingerprint density at radius 2 is 2.07 bits per heavy atom. The Kier molecular flexibility index (Phi) is 5.69. The lowest BCUT2D eigenvalue weighted by molar-refractivity contribution is -0.113. The molecule has 2 aromatic heterocycles. The Bertz CT molecular complexity index is 1230. The zero-order chi connectivity index (χ0) is 21.3. The molecule has 4 aromatic rings. The van der Waals surface area contributed by atoms with E-state index in [1.54, 1.807) is 23.8 Å². The van der Waals surface area contributed by atoms with Gasteiger partial charge in [0.15, 0.2) is 28.1 Å². The van der Waals surface area contributed by atoms with Gasteiger partial charge in [0.1, 0.15) is 0 Å². The molecule has 0 aliphatic heterocycles. The minimum absolute atomic E-state index is 0.150. The number of benzene rings is 2. The predicted molar refractivity (Wildman–Crippen MR) is 118 cm³/mol. The van der Waals surface area contributed by atoms with Crippen LogP contribution in [-0.4, -0.2) is 33.5 Å². The monoisotopic (exact) mass is 442 g/mol. The van der Waals surface area contributed by atoms with Gasteiger partial charge in [0, 0.05) is 23.1 Å². The summed E-state index contributed by atoms with van der Waals surface area (Å²) < 4.78 is 13.1. The molecule has 1 amide bonds. The predicted octanol–water partition coefficient (Wildman–Crippen LogP) is 4.93. The second-order valence-electron chi connectivity index (χ2n) is 6.60. The number of hydrogen-bond donors (Lipinski definition) is 1. The van der Waals surface area contributed by atoms with Gasteiger partial charge in [-0.2, -0.15) is 0 Å². The third-order valence-electron chi connectivity index (χ3n) is 4.66. The quantitative estimate of drug-likeness (QED) is 0.426. The van der Waals surface area contributed by atoms with E-state index >= 15 is 0 Å². The van der Waals surface area contributed by atoms with E-state index in [9.17, 15) is 4.79 Å². The summed E-state index contributed by atoms with van der Waals surface area (Å²) in [5.41, 5.74) is 2.19. The number of thioether (sulfide) groups is 1. The molecule has 2 heterocycles. The van der Waals surface area contributed by atoms with Gasteiger partial charge in [0.25, 0.3) is 0 Å². The summed E-state index contributed by atoms with van der Waals surface area (Å²) in [5, 5.41) is 13.4. The first kappa shape index (κ1) is 20.3. The molecule has 0 radical (unpaired) electrons. The second-order valence-corrected chi connectivity index (χ2v) is 7.95. The normalized spacial score (nSPS) is 11.1. The molecular weight excluding hydrogens is 424 g/mol. The minimum Gasteiger partial charge on any atom is -0.493 e. The third kappa shape index (κ3) is 3.88. The number of methoxy groups -OCH3 is 1. The highest BCUT2D eigenvalue weighted by Crippen LogP contribution is 2.33. The number of amides is 1.